The van der Waals surface area contributed by atoms with Crippen LogP contribution in [0.4, 0.5) is 11.4 Å². The van der Waals surface area contributed by atoms with Crippen LogP contribution < -0.4 is 5.32 Å². The van der Waals surface area contributed by atoms with E-state index in [2.05, 4.69) is 5.32 Å². The van der Waals surface area contributed by atoms with Crippen LogP contribution in [0.2, 0.25) is 0 Å². The highest BCUT2D eigenvalue weighted by molar-refractivity contribution is 5.55. The zero-order chi connectivity index (χ0) is 13.0. The van der Waals surface area contributed by atoms with E-state index in [-0.39, 0.29) is 10.6 Å². The molecule has 0 radical (unpaired) electrons. The average Bonchev–Trinajstić information content (AvgIpc) is 2.60. The Balaban J connectivity index is 2.06. The van der Waals surface area contributed by atoms with Crippen molar-refractivity contribution in [1.82, 2.24) is 0 Å². The smallest absolute Gasteiger partial charge is 0.269 e. The van der Waals surface area contributed by atoms with Gasteiger partial charge in [-0.3, -0.25) is 10.1 Å². The highest BCUT2D eigenvalue weighted by atomic mass is 16.6. The SMILES string of the molecule is Cc1cc([N+](=O)[O-])ccc1NC1CCCOCC1. The van der Waals surface area contributed by atoms with Gasteiger partial charge in [-0.25, -0.2) is 0 Å². The molecule has 0 bridgehead atoms. The quantitative estimate of drug-likeness (QED) is 0.661. The van der Waals surface area contributed by atoms with Crippen LogP contribution in [0.5, 0.6) is 0 Å². The van der Waals surface area contributed by atoms with Crippen molar-refractivity contribution in [3.8, 4) is 0 Å². The van der Waals surface area contributed by atoms with E-state index in [1.807, 2.05) is 6.92 Å². The summed E-state index contributed by atoms with van der Waals surface area (Å²) < 4.78 is 5.41. The predicted molar refractivity (Wildman–Crippen MR) is 69.9 cm³/mol. The maximum Gasteiger partial charge on any atom is 0.269 e. The molecule has 0 amide bonds. The van der Waals surface area contributed by atoms with E-state index in [0.29, 0.717) is 6.04 Å². The number of anilines is 1. The fourth-order valence-corrected chi connectivity index (χ4v) is 2.19. The molecule has 1 saturated heterocycles. The topological polar surface area (TPSA) is 64.4 Å². The first-order valence-electron chi connectivity index (χ1n) is 6.26. The summed E-state index contributed by atoms with van der Waals surface area (Å²) in [7, 11) is 0. The summed E-state index contributed by atoms with van der Waals surface area (Å²) in [5, 5.41) is 14.1. The Bertz CT molecular complexity index is 426. The molecule has 1 unspecified atom stereocenters. The highest BCUT2D eigenvalue weighted by Crippen LogP contribution is 2.23. The Morgan fingerprint density at radius 3 is 2.94 bits per heavy atom. The summed E-state index contributed by atoms with van der Waals surface area (Å²) >= 11 is 0. The van der Waals surface area contributed by atoms with Gasteiger partial charge in [0.15, 0.2) is 0 Å². The number of nitro benzene ring substituents is 1. The van der Waals surface area contributed by atoms with Crippen LogP contribution in [0.1, 0.15) is 24.8 Å². The standard InChI is InChI=1S/C13H18N2O3/c1-10-9-12(15(16)17)4-5-13(10)14-11-3-2-7-18-8-6-11/h4-5,9,11,14H,2-3,6-8H2,1H3. The van der Waals surface area contributed by atoms with Gasteiger partial charge in [0, 0.05) is 37.1 Å². The van der Waals surface area contributed by atoms with Gasteiger partial charge in [-0.2, -0.15) is 0 Å². The zero-order valence-electron chi connectivity index (χ0n) is 10.5. The lowest BCUT2D eigenvalue weighted by molar-refractivity contribution is -0.384. The maximum absolute atomic E-state index is 10.7. The summed E-state index contributed by atoms with van der Waals surface area (Å²) in [5.74, 6) is 0. The molecule has 1 atom stereocenters. The first kappa shape index (κ1) is 12.8. The second-order valence-corrected chi connectivity index (χ2v) is 4.64. The van der Waals surface area contributed by atoms with Crippen LogP contribution >= 0.6 is 0 Å². The lowest BCUT2D eigenvalue weighted by Crippen LogP contribution is -2.20. The zero-order valence-corrected chi connectivity index (χ0v) is 10.5. The van der Waals surface area contributed by atoms with E-state index in [9.17, 15) is 10.1 Å². The number of aryl methyl sites for hydroxylation is 1. The Morgan fingerprint density at radius 2 is 2.22 bits per heavy atom. The molecule has 1 aliphatic rings. The van der Waals surface area contributed by atoms with Crippen LogP contribution in [-0.4, -0.2) is 24.2 Å². The molecule has 1 heterocycles. The number of non-ortho nitro benzene ring substituents is 1. The average molecular weight is 250 g/mol. The second-order valence-electron chi connectivity index (χ2n) is 4.64. The summed E-state index contributed by atoms with van der Waals surface area (Å²) in [5.41, 5.74) is 2.03. The summed E-state index contributed by atoms with van der Waals surface area (Å²) in [6.45, 7) is 3.50. The first-order chi connectivity index (χ1) is 8.66. The van der Waals surface area contributed by atoms with Crippen LogP contribution in [-0.2, 0) is 4.74 Å². The van der Waals surface area contributed by atoms with E-state index in [1.54, 1.807) is 18.2 Å². The van der Waals surface area contributed by atoms with E-state index in [0.717, 1.165) is 43.7 Å². The largest absolute Gasteiger partial charge is 0.382 e. The monoisotopic (exact) mass is 250 g/mol. The minimum atomic E-state index is -0.365. The molecule has 5 heteroatoms. The normalized spacial score (nSPS) is 20.2. The van der Waals surface area contributed by atoms with Crippen molar-refractivity contribution in [3.05, 3.63) is 33.9 Å². The van der Waals surface area contributed by atoms with Gasteiger partial charge in [-0.05, 0) is 37.8 Å². The number of rotatable bonds is 3. The number of nitro groups is 1. The fraction of sp³-hybridized carbons (Fsp3) is 0.538. The van der Waals surface area contributed by atoms with Gasteiger partial charge < -0.3 is 10.1 Å². The third kappa shape index (κ3) is 3.20. The number of hydrogen-bond donors (Lipinski definition) is 1. The van der Waals surface area contributed by atoms with Crippen LogP contribution in [0.25, 0.3) is 0 Å². The van der Waals surface area contributed by atoms with E-state index in [1.165, 1.54) is 0 Å². The molecule has 98 valence electrons. The van der Waals surface area contributed by atoms with Crippen molar-refractivity contribution in [1.29, 1.82) is 0 Å². The molecule has 2 rings (SSSR count). The van der Waals surface area contributed by atoms with Gasteiger partial charge in [0.05, 0.1) is 4.92 Å². The molecule has 1 aromatic rings. The molecule has 0 spiro atoms. The Hall–Kier alpha value is -1.62. The van der Waals surface area contributed by atoms with Crippen molar-refractivity contribution in [2.45, 2.75) is 32.2 Å². The Labute approximate surface area is 106 Å². The second kappa shape index (κ2) is 5.82. The predicted octanol–water partition coefficient (Wildman–Crippen LogP) is 2.88. The van der Waals surface area contributed by atoms with Crippen molar-refractivity contribution < 1.29 is 9.66 Å². The number of nitrogens with one attached hydrogen (secondary N) is 1. The molecule has 1 fully saturated rings. The summed E-state index contributed by atoms with van der Waals surface area (Å²) in [6, 6.07) is 5.34. The van der Waals surface area contributed by atoms with Crippen molar-refractivity contribution >= 4 is 11.4 Å². The third-order valence-corrected chi connectivity index (χ3v) is 3.23. The molecular formula is C13H18N2O3. The molecule has 1 aliphatic heterocycles. The van der Waals surface area contributed by atoms with E-state index >= 15 is 0 Å². The third-order valence-electron chi connectivity index (χ3n) is 3.23. The van der Waals surface area contributed by atoms with Crippen LogP contribution in [0.15, 0.2) is 18.2 Å². The number of nitrogens with zero attached hydrogens (tertiary/aromatic N) is 1. The lowest BCUT2D eigenvalue weighted by atomic mass is 10.1. The van der Waals surface area contributed by atoms with Crippen molar-refractivity contribution in [2.24, 2.45) is 0 Å². The lowest BCUT2D eigenvalue weighted by Gasteiger charge is -2.18. The van der Waals surface area contributed by atoms with Gasteiger partial charge in [0.1, 0.15) is 0 Å². The van der Waals surface area contributed by atoms with Gasteiger partial charge in [0.2, 0.25) is 0 Å². The molecule has 0 saturated carbocycles. The van der Waals surface area contributed by atoms with E-state index in [4.69, 9.17) is 4.74 Å². The molecule has 1 aromatic carbocycles. The van der Waals surface area contributed by atoms with Crippen molar-refractivity contribution in [2.75, 3.05) is 18.5 Å². The molecule has 5 nitrogen and oxygen atoms in total. The minimum Gasteiger partial charge on any atom is -0.382 e. The van der Waals surface area contributed by atoms with Crippen molar-refractivity contribution in [3.63, 3.8) is 0 Å². The molecule has 1 N–H and O–H groups in total. The number of ether oxygens (including phenoxy) is 1. The molecule has 0 aliphatic carbocycles. The number of hydrogen-bond acceptors (Lipinski definition) is 4. The Morgan fingerprint density at radius 1 is 1.39 bits per heavy atom. The number of benzene rings is 1. The maximum atomic E-state index is 10.7. The van der Waals surface area contributed by atoms with Gasteiger partial charge in [-0.15, -0.1) is 0 Å². The minimum absolute atomic E-state index is 0.141. The van der Waals surface area contributed by atoms with Crippen LogP contribution in [0, 0.1) is 17.0 Å². The molecular weight excluding hydrogens is 232 g/mol. The van der Waals surface area contributed by atoms with Gasteiger partial charge in [-0.1, -0.05) is 0 Å². The highest BCUT2D eigenvalue weighted by Gasteiger charge is 2.14. The fourth-order valence-electron chi connectivity index (χ4n) is 2.19. The van der Waals surface area contributed by atoms with E-state index < -0.39 is 0 Å². The van der Waals surface area contributed by atoms with Crippen LogP contribution in [0.3, 0.4) is 0 Å². The molecule has 0 aromatic heterocycles. The Kier molecular flexibility index (Phi) is 4.15. The van der Waals surface area contributed by atoms with Gasteiger partial charge >= 0.3 is 0 Å². The summed E-state index contributed by atoms with van der Waals surface area (Å²) in [6.07, 6.45) is 3.12. The summed E-state index contributed by atoms with van der Waals surface area (Å²) in [4.78, 5) is 10.3. The molecule has 18 heavy (non-hydrogen) atoms. The first-order valence-corrected chi connectivity index (χ1v) is 6.26. The van der Waals surface area contributed by atoms with Gasteiger partial charge in [0.25, 0.3) is 5.69 Å².